The number of hydrogen-bond acceptors (Lipinski definition) is 3. The fraction of sp³-hybridized carbons (Fsp3) is 0.250. The average molecular weight is 303 g/mol. The molecule has 0 radical (unpaired) electrons. The van der Waals surface area contributed by atoms with Crippen LogP contribution >= 0.6 is 0 Å². The Kier molecular flexibility index (Phi) is 3.41. The molecule has 1 fully saturated rings. The molecule has 1 aromatic heterocycles. The molecule has 1 aliphatic heterocycles. The molecule has 1 aliphatic rings. The monoisotopic (exact) mass is 303 g/mol. The number of hydrogen-bond donors (Lipinski definition) is 1. The van der Waals surface area contributed by atoms with Gasteiger partial charge >= 0.3 is 0 Å². The van der Waals surface area contributed by atoms with Crippen molar-refractivity contribution in [2.45, 2.75) is 19.3 Å². The molecule has 2 heterocycles. The third-order valence-corrected chi connectivity index (χ3v) is 4.80. The number of benzene rings is 2. The van der Waals surface area contributed by atoms with Crippen molar-refractivity contribution in [2.75, 3.05) is 23.7 Å². The highest BCUT2D eigenvalue weighted by molar-refractivity contribution is 5.85. The summed E-state index contributed by atoms with van der Waals surface area (Å²) in [7, 11) is 0. The molecule has 1 unspecified atom stereocenters. The van der Waals surface area contributed by atoms with E-state index in [1.54, 1.807) is 0 Å². The summed E-state index contributed by atoms with van der Waals surface area (Å²) in [5.41, 5.74) is 11.5. The number of rotatable bonds is 2. The second-order valence-electron chi connectivity index (χ2n) is 6.39. The van der Waals surface area contributed by atoms with Gasteiger partial charge in [0.2, 0.25) is 0 Å². The van der Waals surface area contributed by atoms with Gasteiger partial charge in [0.1, 0.15) is 0 Å². The molecule has 0 aliphatic carbocycles. The summed E-state index contributed by atoms with van der Waals surface area (Å²) in [5, 5.41) is 1.12. The van der Waals surface area contributed by atoms with Crippen LogP contribution in [0, 0.1) is 6.92 Å². The normalized spacial score (nSPS) is 17.8. The molecule has 116 valence electrons. The lowest BCUT2D eigenvalue weighted by Gasteiger charge is -2.21. The van der Waals surface area contributed by atoms with Crippen LogP contribution in [0.4, 0.5) is 11.4 Å². The molecular weight excluding hydrogens is 282 g/mol. The second kappa shape index (κ2) is 5.58. The van der Waals surface area contributed by atoms with Gasteiger partial charge in [-0.3, -0.25) is 4.98 Å². The summed E-state index contributed by atoms with van der Waals surface area (Å²) in [5.74, 6) is 0.604. The van der Waals surface area contributed by atoms with Crippen molar-refractivity contribution in [1.82, 2.24) is 4.98 Å². The predicted octanol–water partition coefficient (Wildman–Crippen LogP) is 4.12. The molecule has 2 aromatic carbocycles. The third kappa shape index (κ3) is 2.63. The minimum Gasteiger partial charge on any atom is -0.399 e. The zero-order valence-electron chi connectivity index (χ0n) is 13.4. The Morgan fingerprint density at radius 1 is 1.09 bits per heavy atom. The van der Waals surface area contributed by atoms with E-state index in [1.807, 2.05) is 18.2 Å². The van der Waals surface area contributed by atoms with Crippen LogP contribution < -0.4 is 10.6 Å². The van der Waals surface area contributed by atoms with Gasteiger partial charge in [0.25, 0.3) is 0 Å². The van der Waals surface area contributed by atoms with Crippen LogP contribution in [-0.2, 0) is 0 Å². The largest absolute Gasteiger partial charge is 0.399 e. The molecule has 23 heavy (non-hydrogen) atoms. The van der Waals surface area contributed by atoms with Gasteiger partial charge in [0.05, 0.1) is 16.9 Å². The Morgan fingerprint density at radius 3 is 2.74 bits per heavy atom. The van der Waals surface area contributed by atoms with Crippen molar-refractivity contribution in [3.05, 3.63) is 65.9 Å². The van der Waals surface area contributed by atoms with Crippen molar-refractivity contribution < 1.29 is 0 Å². The molecule has 0 amide bonds. The quantitative estimate of drug-likeness (QED) is 0.724. The second-order valence-corrected chi connectivity index (χ2v) is 6.39. The van der Waals surface area contributed by atoms with Gasteiger partial charge in [-0.15, -0.1) is 0 Å². The van der Waals surface area contributed by atoms with E-state index in [1.165, 1.54) is 17.7 Å². The van der Waals surface area contributed by atoms with Crippen molar-refractivity contribution in [3.8, 4) is 0 Å². The van der Waals surface area contributed by atoms with Crippen LogP contribution in [-0.4, -0.2) is 18.1 Å². The van der Waals surface area contributed by atoms with Crippen molar-refractivity contribution in [3.63, 3.8) is 0 Å². The molecule has 2 N–H and O–H groups in total. The SMILES string of the molecule is Cc1nc2ccc(N)cc2cc1N1CCC(c2ccccc2)C1. The number of fused-ring (bicyclic) bond motifs is 1. The van der Waals surface area contributed by atoms with E-state index in [0.29, 0.717) is 5.92 Å². The van der Waals surface area contributed by atoms with E-state index in [0.717, 1.165) is 35.4 Å². The van der Waals surface area contributed by atoms with Crippen LogP contribution in [0.3, 0.4) is 0 Å². The first-order valence-corrected chi connectivity index (χ1v) is 8.17. The molecule has 4 rings (SSSR count). The van der Waals surface area contributed by atoms with Crippen LogP contribution in [0.1, 0.15) is 23.6 Å². The van der Waals surface area contributed by atoms with Crippen molar-refractivity contribution in [2.24, 2.45) is 0 Å². The summed E-state index contributed by atoms with van der Waals surface area (Å²) in [6.07, 6.45) is 1.19. The Bertz CT molecular complexity index is 842. The Hall–Kier alpha value is -2.55. The molecular formula is C20H21N3. The van der Waals surface area contributed by atoms with Gasteiger partial charge in [-0.25, -0.2) is 0 Å². The molecule has 3 nitrogen and oxygen atoms in total. The molecule has 3 heteroatoms. The predicted molar refractivity (Wildman–Crippen MR) is 96.9 cm³/mol. The van der Waals surface area contributed by atoms with E-state index in [4.69, 9.17) is 10.7 Å². The number of aryl methyl sites for hydroxylation is 1. The number of nitrogens with two attached hydrogens (primary N) is 1. The minimum atomic E-state index is 0.604. The lowest BCUT2D eigenvalue weighted by Crippen LogP contribution is -2.20. The molecule has 1 saturated heterocycles. The van der Waals surface area contributed by atoms with Crippen LogP contribution in [0.25, 0.3) is 10.9 Å². The Labute approximate surface area is 136 Å². The summed E-state index contributed by atoms with van der Waals surface area (Å²) in [6.45, 7) is 4.23. The van der Waals surface area contributed by atoms with Crippen LogP contribution in [0.5, 0.6) is 0 Å². The number of anilines is 2. The first kappa shape index (κ1) is 14.1. The lowest BCUT2D eigenvalue weighted by atomic mass is 9.99. The highest BCUT2D eigenvalue weighted by atomic mass is 15.2. The fourth-order valence-corrected chi connectivity index (χ4v) is 3.58. The number of aromatic nitrogens is 1. The average Bonchev–Trinajstić information content (AvgIpc) is 3.05. The van der Waals surface area contributed by atoms with Gasteiger partial charge in [-0.1, -0.05) is 30.3 Å². The highest BCUT2D eigenvalue weighted by Gasteiger charge is 2.25. The molecule has 3 aromatic rings. The molecule has 0 bridgehead atoms. The first-order chi connectivity index (χ1) is 11.2. The van der Waals surface area contributed by atoms with Crippen LogP contribution in [0.2, 0.25) is 0 Å². The summed E-state index contributed by atoms with van der Waals surface area (Å²) >= 11 is 0. The number of pyridine rings is 1. The van der Waals surface area contributed by atoms with Crippen LogP contribution in [0.15, 0.2) is 54.6 Å². The maximum Gasteiger partial charge on any atom is 0.0708 e. The van der Waals surface area contributed by atoms with Gasteiger partial charge in [0.15, 0.2) is 0 Å². The number of nitrogen functional groups attached to an aromatic ring is 1. The zero-order chi connectivity index (χ0) is 15.8. The lowest BCUT2D eigenvalue weighted by molar-refractivity contribution is 0.775. The van der Waals surface area contributed by atoms with E-state index in [-0.39, 0.29) is 0 Å². The summed E-state index contributed by atoms with van der Waals surface area (Å²) in [4.78, 5) is 7.22. The first-order valence-electron chi connectivity index (χ1n) is 8.17. The standard InChI is InChI=1S/C20H21N3/c1-14-20(12-17-11-18(21)7-8-19(17)22-14)23-10-9-16(13-23)15-5-3-2-4-6-15/h2-8,11-12,16H,9-10,13,21H2,1H3. The van der Waals surface area contributed by atoms with Crippen molar-refractivity contribution >= 4 is 22.3 Å². The Balaban J connectivity index is 1.66. The maximum absolute atomic E-state index is 5.92. The van der Waals surface area contributed by atoms with Gasteiger partial charge in [-0.05, 0) is 43.2 Å². The maximum atomic E-state index is 5.92. The van der Waals surface area contributed by atoms with Gasteiger partial charge in [-0.2, -0.15) is 0 Å². The van der Waals surface area contributed by atoms with Crippen molar-refractivity contribution in [1.29, 1.82) is 0 Å². The smallest absolute Gasteiger partial charge is 0.0708 e. The van der Waals surface area contributed by atoms with E-state index in [9.17, 15) is 0 Å². The fourth-order valence-electron chi connectivity index (χ4n) is 3.58. The topological polar surface area (TPSA) is 42.1 Å². The number of nitrogens with zero attached hydrogens (tertiary/aromatic N) is 2. The van der Waals surface area contributed by atoms with E-state index in [2.05, 4.69) is 48.2 Å². The molecule has 0 spiro atoms. The van der Waals surface area contributed by atoms with Gasteiger partial charge < -0.3 is 10.6 Å². The minimum absolute atomic E-state index is 0.604. The Morgan fingerprint density at radius 2 is 1.91 bits per heavy atom. The summed E-state index contributed by atoms with van der Waals surface area (Å²) in [6, 6.07) is 19.0. The van der Waals surface area contributed by atoms with E-state index >= 15 is 0 Å². The zero-order valence-corrected chi connectivity index (χ0v) is 13.4. The van der Waals surface area contributed by atoms with E-state index < -0.39 is 0 Å². The molecule has 0 saturated carbocycles. The highest BCUT2D eigenvalue weighted by Crippen LogP contribution is 2.33. The third-order valence-electron chi connectivity index (χ3n) is 4.80. The summed E-state index contributed by atoms with van der Waals surface area (Å²) < 4.78 is 0. The van der Waals surface area contributed by atoms with Gasteiger partial charge in [0, 0.05) is 30.1 Å². The molecule has 1 atom stereocenters.